The molecular formula is C14H31N4PS. The molecule has 4 nitrogen and oxygen atoms in total. The first-order valence-electron chi connectivity index (χ1n) is 7.37. The minimum atomic E-state index is -1.84. The Morgan fingerprint density at radius 2 is 1.40 bits per heavy atom. The number of hydrazone groups is 1. The van der Waals surface area contributed by atoms with E-state index in [1.54, 1.807) is 5.01 Å². The lowest BCUT2D eigenvalue weighted by atomic mass is 10.5. The molecule has 0 amide bonds. The molecule has 0 aliphatic heterocycles. The number of nitrogens with zero attached hydrogens (tertiary/aromatic N) is 4. The molecule has 0 aromatic rings. The molecule has 0 unspecified atom stereocenters. The van der Waals surface area contributed by atoms with Crippen LogP contribution in [0.4, 0.5) is 0 Å². The Labute approximate surface area is 130 Å². The van der Waals surface area contributed by atoms with Crippen LogP contribution in [0, 0.1) is 0 Å². The zero-order valence-electron chi connectivity index (χ0n) is 14.1. The van der Waals surface area contributed by atoms with E-state index < -0.39 is 6.34 Å². The largest absolute Gasteiger partial charge is 0.303 e. The van der Waals surface area contributed by atoms with Crippen molar-refractivity contribution < 1.29 is 0 Å². The average molecular weight is 318 g/mol. The van der Waals surface area contributed by atoms with Gasteiger partial charge < -0.3 is 5.01 Å². The second-order valence-electron chi connectivity index (χ2n) is 4.74. The van der Waals surface area contributed by atoms with Crippen molar-refractivity contribution in [3.63, 3.8) is 0 Å². The predicted octanol–water partition coefficient (Wildman–Crippen LogP) is 3.43. The Bertz CT molecular complexity index is 355. The number of hydrogen-bond donors (Lipinski definition) is 0. The second kappa shape index (κ2) is 9.67. The molecule has 0 aliphatic carbocycles. The van der Waals surface area contributed by atoms with Gasteiger partial charge in [-0.05, 0) is 18.3 Å². The summed E-state index contributed by atoms with van der Waals surface area (Å²) in [5.74, 6) is 0. The Hall–Kier alpha value is -0.220. The lowest BCUT2D eigenvalue weighted by molar-refractivity contribution is 0.425. The van der Waals surface area contributed by atoms with Crippen molar-refractivity contribution in [3.05, 3.63) is 11.4 Å². The molecular weight excluding hydrogens is 287 g/mol. The fraction of sp³-hybridized carbons (Fsp3) is 0.786. The van der Waals surface area contributed by atoms with Crippen LogP contribution >= 0.6 is 6.34 Å². The van der Waals surface area contributed by atoms with Crippen LogP contribution < -0.4 is 0 Å². The molecule has 0 fully saturated rings. The van der Waals surface area contributed by atoms with Crippen LogP contribution in [0.2, 0.25) is 0 Å². The second-order valence-corrected chi connectivity index (χ2v) is 9.19. The summed E-state index contributed by atoms with van der Waals surface area (Å²) >= 11 is 6.16. The normalized spacial score (nSPS) is 13.8. The van der Waals surface area contributed by atoms with Gasteiger partial charge in [-0.25, -0.2) is 0 Å². The fourth-order valence-electron chi connectivity index (χ4n) is 2.21. The highest BCUT2D eigenvalue weighted by Gasteiger charge is 2.30. The molecule has 0 spiro atoms. The van der Waals surface area contributed by atoms with E-state index in [-0.39, 0.29) is 0 Å². The van der Waals surface area contributed by atoms with Gasteiger partial charge >= 0.3 is 0 Å². The Morgan fingerprint density at radius 1 is 1.00 bits per heavy atom. The van der Waals surface area contributed by atoms with Gasteiger partial charge in [-0.15, -0.1) is 0 Å². The van der Waals surface area contributed by atoms with E-state index >= 15 is 0 Å². The van der Waals surface area contributed by atoms with Crippen molar-refractivity contribution >= 4 is 24.4 Å². The summed E-state index contributed by atoms with van der Waals surface area (Å²) in [4.78, 5) is 0. The molecule has 0 N–H and O–H groups in total. The zero-order chi connectivity index (χ0) is 15.8. The zero-order valence-corrected chi connectivity index (χ0v) is 15.8. The predicted molar refractivity (Wildman–Crippen MR) is 96.1 cm³/mol. The van der Waals surface area contributed by atoms with Gasteiger partial charge in [0.2, 0.25) is 0 Å². The third-order valence-electron chi connectivity index (χ3n) is 3.30. The first kappa shape index (κ1) is 19.8. The van der Waals surface area contributed by atoms with Crippen LogP contribution in [0.15, 0.2) is 16.5 Å². The van der Waals surface area contributed by atoms with E-state index in [1.807, 2.05) is 20.3 Å². The van der Waals surface area contributed by atoms with Crippen molar-refractivity contribution in [1.29, 1.82) is 0 Å². The lowest BCUT2D eigenvalue weighted by Gasteiger charge is -2.42. The van der Waals surface area contributed by atoms with Gasteiger partial charge in [-0.1, -0.05) is 39.5 Å². The first-order chi connectivity index (χ1) is 9.38. The molecule has 0 bridgehead atoms. The molecule has 0 saturated heterocycles. The average Bonchev–Trinajstić information content (AvgIpc) is 2.40. The van der Waals surface area contributed by atoms with E-state index in [0.717, 1.165) is 26.2 Å². The van der Waals surface area contributed by atoms with Gasteiger partial charge in [0.05, 0.1) is 0 Å². The highest BCUT2D eigenvalue weighted by Crippen LogP contribution is 2.59. The molecule has 0 rings (SSSR count). The van der Waals surface area contributed by atoms with Crippen molar-refractivity contribution in [2.75, 3.05) is 40.3 Å². The van der Waals surface area contributed by atoms with E-state index in [1.165, 1.54) is 5.31 Å². The van der Waals surface area contributed by atoms with Crippen LogP contribution in [0.25, 0.3) is 0 Å². The quantitative estimate of drug-likeness (QED) is 0.369. The van der Waals surface area contributed by atoms with Crippen molar-refractivity contribution in [2.24, 2.45) is 5.10 Å². The third kappa shape index (κ3) is 4.96. The highest BCUT2D eigenvalue weighted by atomic mass is 32.4. The van der Waals surface area contributed by atoms with Gasteiger partial charge in [0.25, 0.3) is 0 Å². The summed E-state index contributed by atoms with van der Waals surface area (Å²) in [6.45, 7) is 14.9. The van der Waals surface area contributed by atoms with Gasteiger partial charge in [0, 0.05) is 46.5 Å². The van der Waals surface area contributed by atoms with Gasteiger partial charge in [0.15, 0.2) is 0 Å². The van der Waals surface area contributed by atoms with Crippen LogP contribution in [-0.4, -0.2) is 60.8 Å². The Morgan fingerprint density at radius 3 is 1.70 bits per heavy atom. The maximum absolute atomic E-state index is 6.16. The summed E-state index contributed by atoms with van der Waals surface area (Å²) in [7, 11) is 3.84. The number of rotatable bonds is 9. The molecule has 0 radical (unpaired) electrons. The number of allylic oxidation sites excluding steroid dienone is 2. The van der Waals surface area contributed by atoms with E-state index in [0.29, 0.717) is 0 Å². The van der Waals surface area contributed by atoms with Crippen LogP contribution in [0.1, 0.15) is 34.6 Å². The smallest absolute Gasteiger partial charge is 0.102 e. The van der Waals surface area contributed by atoms with Crippen LogP contribution in [-0.2, 0) is 11.8 Å². The molecule has 0 aromatic heterocycles. The Balaban J connectivity index is 5.58. The van der Waals surface area contributed by atoms with Crippen molar-refractivity contribution in [1.82, 2.24) is 14.3 Å². The maximum atomic E-state index is 6.16. The molecule has 0 atom stereocenters. The summed E-state index contributed by atoms with van der Waals surface area (Å²) < 4.78 is 4.87. The van der Waals surface area contributed by atoms with Crippen LogP contribution in [0.3, 0.4) is 0 Å². The van der Waals surface area contributed by atoms with Gasteiger partial charge in [0.1, 0.15) is 6.34 Å². The first-order valence-corrected chi connectivity index (χ1v) is 10.1. The summed E-state index contributed by atoms with van der Waals surface area (Å²) in [5, 5.41) is 7.32. The molecule has 0 heterocycles. The topological polar surface area (TPSA) is 22.1 Å². The van der Waals surface area contributed by atoms with Crippen molar-refractivity contribution in [3.8, 4) is 0 Å². The number of hydrogen-bond acceptors (Lipinski definition) is 3. The maximum Gasteiger partial charge on any atom is 0.102 e. The Kier molecular flexibility index (Phi) is 9.56. The monoisotopic (exact) mass is 318 g/mol. The highest BCUT2D eigenvalue weighted by molar-refractivity contribution is 8.14. The summed E-state index contributed by atoms with van der Waals surface area (Å²) in [5.41, 5.74) is 0. The third-order valence-corrected chi connectivity index (χ3v) is 9.28. The summed E-state index contributed by atoms with van der Waals surface area (Å²) in [6, 6.07) is 0. The van der Waals surface area contributed by atoms with E-state index in [9.17, 15) is 0 Å². The minimum Gasteiger partial charge on any atom is -0.303 e. The fourth-order valence-corrected chi connectivity index (χ4v) is 6.82. The lowest BCUT2D eigenvalue weighted by Crippen LogP contribution is -2.32. The van der Waals surface area contributed by atoms with E-state index in [2.05, 4.69) is 55.1 Å². The standard InChI is InChI=1S/C14H31N4PS/c1-8-17(9-2)19(20,18(10-3)11-4)14(5)12-13-15-16(6)7/h12-13H,8-11H2,1-7H3/b14-12-,15-13+. The summed E-state index contributed by atoms with van der Waals surface area (Å²) in [6.07, 6.45) is 2.09. The van der Waals surface area contributed by atoms with Crippen molar-refractivity contribution in [2.45, 2.75) is 34.6 Å². The van der Waals surface area contributed by atoms with Crippen LogP contribution in [0.5, 0.6) is 0 Å². The molecule has 0 aromatic carbocycles. The SMILES string of the molecule is CCN(CC)P(=S)(/C(C)=C\C=N\N(C)C)N(CC)CC. The molecule has 6 heteroatoms. The molecule has 0 saturated carbocycles. The minimum absolute atomic E-state index is 0.986. The van der Waals surface area contributed by atoms with E-state index in [4.69, 9.17) is 11.8 Å². The molecule has 0 aliphatic rings. The molecule has 20 heavy (non-hydrogen) atoms. The molecule has 118 valence electrons. The van der Waals surface area contributed by atoms with Gasteiger partial charge in [-0.2, -0.15) is 5.10 Å². The van der Waals surface area contributed by atoms with Gasteiger partial charge in [-0.3, -0.25) is 9.34 Å².